The molecule has 0 bridgehead atoms. The highest BCUT2D eigenvalue weighted by molar-refractivity contribution is 7.99. The predicted octanol–water partition coefficient (Wildman–Crippen LogP) is 5.81. The summed E-state index contributed by atoms with van der Waals surface area (Å²) in [6.45, 7) is 1.59. The number of thiophene rings is 1. The maximum absolute atomic E-state index is 13.7. The molecule has 9 nitrogen and oxygen atoms in total. The van der Waals surface area contributed by atoms with Gasteiger partial charge in [0.15, 0.2) is 11.0 Å². The topological polar surface area (TPSA) is 115 Å². The van der Waals surface area contributed by atoms with Crippen LogP contribution in [0.5, 0.6) is 0 Å². The molecule has 2 heterocycles. The van der Waals surface area contributed by atoms with Crippen molar-refractivity contribution in [2.24, 2.45) is 0 Å². The number of alkyl halides is 3. The Labute approximate surface area is 257 Å². The van der Waals surface area contributed by atoms with Crippen LogP contribution >= 0.6 is 23.1 Å². The number of esters is 1. The van der Waals surface area contributed by atoms with Crippen LogP contribution in [0.1, 0.15) is 55.9 Å². The highest BCUT2D eigenvalue weighted by atomic mass is 32.2. The lowest BCUT2D eigenvalue weighted by Gasteiger charge is -2.13. The summed E-state index contributed by atoms with van der Waals surface area (Å²) in [5.41, 5.74) is 0.0422. The normalized spacial score (nSPS) is 12.6. The van der Waals surface area contributed by atoms with Gasteiger partial charge in [0.2, 0.25) is 5.91 Å². The first-order valence-electron chi connectivity index (χ1n) is 13.5. The molecule has 0 radical (unpaired) electrons. The minimum atomic E-state index is -4.73. The van der Waals surface area contributed by atoms with Crippen LogP contribution in [0.3, 0.4) is 0 Å². The second kappa shape index (κ2) is 13.2. The van der Waals surface area contributed by atoms with Crippen molar-refractivity contribution in [2.45, 2.75) is 44.1 Å². The average molecular weight is 648 g/mol. The summed E-state index contributed by atoms with van der Waals surface area (Å²) in [6.07, 6.45) is -2.26. The molecule has 44 heavy (non-hydrogen) atoms. The molecule has 0 saturated carbocycles. The number of aromatic nitrogens is 3. The van der Waals surface area contributed by atoms with E-state index in [0.29, 0.717) is 16.3 Å². The van der Waals surface area contributed by atoms with E-state index in [9.17, 15) is 31.9 Å². The lowest BCUT2D eigenvalue weighted by atomic mass is 10.1. The van der Waals surface area contributed by atoms with Gasteiger partial charge in [0.05, 0.1) is 35.6 Å². The lowest BCUT2D eigenvalue weighted by Crippen LogP contribution is -2.27. The molecule has 1 aliphatic carbocycles. The van der Waals surface area contributed by atoms with Crippen molar-refractivity contribution >= 4 is 45.9 Å². The fourth-order valence-corrected chi connectivity index (χ4v) is 6.81. The Bertz CT molecular complexity index is 1700. The van der Waals surface area contributed by atoms with Crippen molar-refractivity contribution in [1.29, 1.82) is 0 Å². The van der Waals surface area contributed by atoms with Crippen LogP contribution in [-0.2, 0) is 35.1 Å². The summed E-state index contributed by atoms with van der Waals surface area (Å²) in [7, 11) is 0. The van der Waals surface area contributed by atoms with Crippen molar-refractivity contribution in [3.63, 3.8) is 0 Å². The Kier molecular flexibility index (Phi) is 9.34. The third-order valence-corrected chi connectivity index (χ3v) is 8.79. The number of nitrogens with one attached hydrogen (secondary N) is 2. The van der Waals surface area contributed by atoms with Crippen molar-refractivity contribution in [3.8, 4) is 5.69 Å². The quantitative estimate of drug-likeness (QED) is 0.127. The highest BCUT2D eigenvalue weighted by Gasteiger charge is 2.35. The minimum Gasteiger partial charge on any atom is -0.462 e. The van der Waals surface area contributed by atoms with Gasteiger partial charge in [0.1, 0.15) is 10.8 Å². The van der Waals surface area contributed by atoms with Gasteiger partial charge in [-0.3, -0.25) is 14.2 Å². The lowest BCUT2D eigenvalue weighted by molar-refractivity contribution is -0.138. The SMILES string of the molecule is CCOC(=O)c1c(NC(=O)CSc2nnc(CNC(=O)c3ccccc3C(F)(F)F)n2-c2ccc(F)cc2)sc2c1CCC2. The molecule has 2 amide bonds. The van der Waals surface area contributed by atoms with Crippen molar-refractivity contribution in [3.05, 3.63) is 87.3 Å². The second-order valence-electron chi connectivity index (χ2n) is 9.56. The Balaban J connectivity index is 1.34. The van der Waals surface area contributed by atoms with Gasteiger partial charge in [-0.25, -0.2) is 9.18 Å². The van der Waals surface area contributed by atoms with Gasteiger partial charge in [-0.2, -0.15) is 13.2 Å². The number of anilines is 1. The monoisotopic (exact) mass is 647 g/mol. The molecule has 1 aliphatic rings. The summed E-state index contributed by atoms with van der Waals surface area (Å²) < 4.78 is 60.6. The molecular formula is C29H25F4N5O4S2. The van der Waals surface area contributed by atoms with Gasteiger partial charge in [0, 0.05) is 10.6 Å². The van der Waals surface area contributed by atoms with Gasteiger partial charge in [-0.1, -0.05) is 23.9 Å². The standard InChI is InChI=1S/C29H25F4N5O4S2/c1-2-42-27(41)24-19-7-5-9-21(19)44-26(24)35-23(39)15-43-28-37-36-22(38(28)17-12-10-16(30)11-13-17)14-34-25(40)18-6-3-4-8-20(18)29(31,32)33/h3-4,6,8,10-13H,2,5,7,9,14-15H2,1H3,(H,34,40)(H,35,39). The number of amides is 2. The maximum atomic E-state index is 13.7. The molecular weight excluding hydrogens is 622 g/mol. The number of hydrogen-bond donors (Lipinski definition) is 2. The van der Waals surface area contributed by atoms with Gasteiger partial charge in [-0.15, -0.1) is 21.5 Å². The Morgan fingerprint density at radius 1 is 1.07 bits per heavy atom. The summed E-state index contributed by atoms with van der Waals surface area (Å²) in [5, 5.41) is 14.1. The zero-order valence-electron chi connectivity index (χ0n) is 23.2. The zero-order chi connectivity index (χ0) is 31.4. The first kappa shape index (κ1) is 31.2. The molecule has 0 saturated heterocycles. The van der Waals surface area contributed by atoms with Gasteiger partial charge in [-0.05, 0) is 68.1 Å². The fourth-order valence-electron chi connectivity index (χ4n) is 4.75. The number of hydrogen-bond acceptors (Lipinski definition) is 8. The molecule has 0 atom stereocenters. The van der Waals surface area contributed by atoms with E-state index >= 15 is 0 Å². The van der Waals surface area contributed by atoms with Crippen LogP contribution in [-0.4, -0.2) is 44.9 Å². The third-order valence-electron chi connectivity index (χ3n) is 6.66. The van der Waals surface area contributed by atoms with Crippen molar-refractivity contribution in [2.75, 3.05) is 17.7 Å². The van der Waals surface area contributed by atoms with Crippen LogP contribution in [0.2, 0.25) is 0 Å². The Hall–Kier alpha value is -4.24. The number of carbonyl (C=O) groups excluding carboxylic acids is 3. The molecule has 0 aliphatic heterocycles. The predicted molar refractivity (Wildman–Crippen MR) is 156 cm³/mol. The van der Waals surface area contributed by atoms with Gasteiger partial charge < -0.3 is 15.4 Å². The van der Waals surface area contributed by atoms with Gasteiger partial charge in [0.25, 0.3) is 5.91 Å². The first-order valence-corrected chi connectivity index (χ1v) is 15.3. The molecule has 15 heteroatoms. The van der Waals surface area contributed by atoms with Crippen LogP contribution in [0.15, 0.2) is 53.7 Å². The number of aryl methyl sites for hydroxylation is 1. The Morgan fingerprint density at radius 3 is 2.55 bits per heavy atom. The van der Waals surface area contributed by atoms with Crippen LogP contribution in [0.4, 0.5) is 22.6 Å². The zero-order valence-corrected chi connectivity index (χ0v) is 24.8. The Morgan fingerprint density at radius 2 is 1.82 bits per heavy atom. The van der Waals surface area contributed by atoms with Crippen molar-refractivity contribution < 1.29 is 36.7 Å². The van der Waals surface area contributed by atoms with E-state index in [1.807, 2.05) is 0 Å². The summed E-state index contributed by atoms with van der Waals surface area (Å²) >= 11 is 2.34. The largest absolute Gasteiger partial charge is 0.462 e. The number of carbonyl (C=O) groups is 3. The van der Waals surface area contributed by atoms with E-state index in [-0.39, 0.29) is 29.9 Å². The molecule has 2 N–H and O–H groups in total. The van der Waals surface area contributed by atoms with E-state index in [4.69, 9.17) is 4.74 Å². The summed E-state index contributed by atoms with van der Waals surface area (Å²) in [5.74, 6) is -2.40. The molecule has 2 aromatic carbocycles. The minimum absolute atomic E-state index is 0.136. The second-order valence-corrected chi connectivity index (χ2v) is 11.6. The molecule has 0 spiro atoms. The molecule has 0 fully saturated rings. The molecule has 5 rings (SSSR count). The number of halogens is 4. The number of nitrogens with zero attached hydrogens (tertiary/aromatic N) is 3. The van der Waals surface area contributed by atoms with E-state index in [1.165, 1.54) is 52.3 Å². The van der Waals surface area contributed by atoms with Crippen molar-refractivity contribution in [1.82, 2.24) is 20.1 Å². The number of fused-ring (bicyclic) bond motifs is 1. The van der Waals surface area contributed by atoms with E-state index in [1.54, 1.807) is 6.92 Å². The summed E-state index contributed by atoms with van der Waals surface area (Å²) in [4.78, 5) is 39.4. The van der Waals surface area contributed by atoms with Crippen LogP contribution in [0, 0.1) is 5.82 Å². The molecule has 0 unspecified atom stereocenters. The number of ether oxygens (including phenoxy) is 1. The molecule has 2 aromatic heterocycles. The van der Waals surface area contributed by atoms with E-state index < -0.39 is 40.9 Å². The molecule has 230 valence electrons. The summed E-state index contributed by atoms with van der Waals surface area (Å²) in [6, 6.07) is 9.67. The van der Waals surface area contributed by atoms with Crippen LogP contribution < -0.4 is 10.6 Å². The maximum Gasteiger partial charge on any atom is 0.417 e. The smallest absolute Gasteiger partial charge is 0.417 e. The average Bonchev–Trinajstić information content (AvgIpc) is 3.69. The van der Waals surface area contributed by atoms with Crippen LogP contribution in [0.25, 0.3) is 5.69 Å². The van der Waals surface area contributed by atoms with E-state index in [2.05, 4.69) is 20.8 Å². The number of thioether (sulfide) groups is 1. The highest BCUT2D eigenvalue weighted by Crippen LogP contribution is 2.39. The fraction of sp³-hybridized carbons (Fsp3) is 0.276. The number of rotatable bonds is 10. The third kappa shape index (κ3) is 6.78. The van der Waals surface area contributed by atoms with E-state index in [0.717, 1.165) is 53.6 Å². The van der Waals surface area contributed by atoms with Gasteiger partial charge >= 0.3 is 12.1 Å². The molecule has 4 aromatic rings. The first-order chi connectivity index (χ1) is 21.1. The number of benzene rings is 2.